The van der Waals surface area contributed by atoms with E-state index in [2.05, 4.69) is 20.8 Å². The van der Waals surface area contributed by atoms with Crippen LogP contribution in [0.2, 0.25) is 0 Å². The molecule has 3 aromatic rings. The second-order valence-electron chi connectivity index (χ2n) is 7.54. The summed E-state index contributed by atoms with van der Waals surface area (Å²) in [4.78, 5) is 12.3. The normalized spacial score (nSPS) is 13.4. The lowest BCUT2D eigenvalue weighted by molar-refractivity contribution is -0.722. The van der Waals surface area contributed by atoms with Crippen molar-refractivity contribution in [1.29, 1.82) is 0 Å². The molecule has 0 saturated heterocycles. The standard InChI is InChI=1S/C19H23NO6/c1-10-7-13(22)14-15(23)12-5-6-24-16(12)18(17(14)26-10)25-9-11(21)8-20-19(2,3)4/h5-7,11,20-21,23H,8-9H2,1-4H3/p+1. The first kappa shape index (κ1) is 18.3. The van der Waals surface area contributed by atoms with Crippen LogP contribution < -0.4 is 15.5 Å². The predicted octanol–water partition coefficient (Wildman–Crippen LogP) is 1.65. The van der Waals surface area contributed by atoms with Crippen LogP contribution in [0, 0.1) is 6.92 Å². The minimum atomic E-state index is -0.723. The number of hydrogen-bond acceptors (Lipinski definition) is 6. The molecule has 7 heteroatoms. The highest BCUT2D eigenvalue weighted by molar-refractivity contribution is 6.06. The van der Waals surface area contributed by atoms with E-state index in [0.29, 0.717) is 17.7 Å². The van der Waals surface area contributed by atoms with Gasteiger partial charge in [0, 0.05) is 6.07 Å². The van der Waals surface area contributed by atoms with Gasteiger partial charge in [-0.15, -0.1) is 0 Å². The van der Waals surface area contributed by atoms with E-state index in [1.807, 2.05) is 5.32 Å². The lowest BCUT2D eigenvalue weighted by Crippen LogP contribution is -2.96. The molecule has 0 aliphatic heterocycles. The van der Waals surface area contributed by atoms with Crippen LogP contribution in [-0.2, 0) is 0 Å². The van der Waals surface area contributed by atoms with E-state index in [-0.39, 0.29) is 45.6 Å². The fraction of sp³-hybridized carbons (Fsp3) is 0.421. The molecule has 0 aliphatic carbocycles. The Kier molecular flexibility index (Phi) is 4.68. The van der Waals surface area contributed by atoms with E-state index in [9.17, 15) is 15.0 Å². The van der Waals surface area contributed by atoms with Crippen molar-refractivity contribution in [3.63, 3.8) is 0 Å². The molecular weight excluding hydrogens is 338 g/mol. The zero-order chi connectivity index (χ0) is 19.1. The second-order valence-corrected chi connectivity index (χ2v) is 7.54. The quantitative estimate of drug-likeness (QED) is 0.637. The van der Waals surface area contributed by atoms with Gasteiger partial charge in [-0.2, -0.15) is 0 Å². The molecule has 7 nitrogen and oxygen atoms in total. The van der Waals surface area contributed by atoms with Crippen LogP contribution in [0.15, 0.2) is 32.0 Å². The van der Waals surface area contributed by atoms with Gasteiger partial charge in [0.2, 0.25) is 5.75 Å². The van der Waals surface area contributed by atoms with Crippen LogP contribution in [-0.4, -0.2) is 35.0 Å². The number of phenolic OH excluding ortho intramolecular Hbond substituents is 1. The van der Waals surface area contributed by atoms with E-state index in [1.54, 1.807) is 13.0 Å². The summed E-state index contributed by atoms with van der Waals surface area (Å²) >= 11 is 0. The highest BCUT2D eigenvalue weighted by atomic mass is 16.5. The van der Waals surface area contributed by atoms with E-state index in [4.69, 9.17) is 13.6 Å². The van der Waals surface area contributed by atoms with Gasteiger partial charge in [0.1, 0.15) is 36.2 Å². The minimum absolute atomic E-state index is 0.0000916. The molecule has 3 rings (SSSR count). The molecule has 1 unspecified atom stereocenters. The van der Waals surface area contributed by atoms with E-state index in [1.165, 1.54) is 12.3 Å². The second kappa shape index (κ2) is 6.66. The number of phenols is 1. The van der Waals surface area contributed by atoms with Gasteiger partial charge in [-0.3, -0.25) is 4.79 Å². The molecule has 140 valence electrons. The number of rotatable bonds is 5. The van der Waals surface area contributed by atoms with Gasteiger partial charge < -0.3 is 29.1 Å². The van der Waals surface area contributed by atoms with Gasteiger partial charge >= 0.3 is 0 Å². The zero-order valence-electron chi connectivity index (χ0n) is 15.3. The predicted molar refractivity (Wildman–Crippen MR) is 96.7 cm³/mol. The molecule has 2 aromatic heterocycles. The number of aromatic hydroxyl groups is 1. The molecule has 2 heterocycles. The molecule has 1 aromatic carbocycles. The maximum atomic E-state index is 12.3. The Hall–Kier alpha value is -2.51. The third-order valence-corrected chi connectivity index (χ3v) is 4.06. The van der Waals surface area contributed by atoms with Crippen molar-refractivity contribution in [3.05, 3.63) is 34.4 Å². The van der Waals surface area contributed by atoms with E-state index in [0.717, 1.165) is 0 Å². The molecule has 0 bridgehead atoms. The smallest absolute Gasteiger partial charge is 0.206 e. The third-order valence-electron chi connectivity index (χ3n) is 4.06. The number of ether oxygens (including phenoxy) is 1. The average molecular weight is 362 g/mol. The summed E-state index contributed by atoms with van der Waals surface area (Å²) < 4.78 is 16.8. The number of nitrogens with two attached hydrogens (primary N) is 1. The topological polar surface area (TPSA) is 110 Å². The Morgan fingerprint density at radius 1 is 1.31 bits per heavy atom. The molecule has 0 spiro atoms. The number of aryl methyl sites for hydroxylation is 1. The molecule has 0 radical (unpaired) electrons. The van der Waals surface area contributed by atoms with Gasteiger partial charge in [0.25, 0.3) is 0 Å². The molecule has 1 atom stereocenters. The Labute approximate surface area is 150 Å². The Morgan fingerprint density at radius 3 is 2.73 bits per heavy atom. The summed E-state index contributed by atoms with van der Waals surface area (Å²) in [6.07, 6.45) is 0.677. The monoisotopic (exact) mass is 362 g/mol. The maximum Gasteiger partial charge on any atom is 0.206 e. The number of fused-ring (bicyclic) bond motifs is 2. The molecule has 0 fully saturated rings. The summed E-state index contributed by atoms with van der Waals surface area (Å²) in [5.74, 6) is 0.388. The largest absolute Gasteiger partial charge is 0.506 e. The van der Waals surface area contributed by atoms with Crippen molar-refractivity contribution < 1.29 is 29.1 Å². The van der Waals surface area contributed by atoms with Crippen LogP contribution >= 0.6 is 0 Å². The van der Waals surface area contributed by atoms with Gasteiger partial charge in [-0.1, -0.05) is 0 Å². The fourth-order valence-electron chi connectivity index (χ4n) is 2.77. The van der Waals surface area contributed by atoms with E-state index < -0.39 is 6.10 Å². The summed E-state index contributed by atoms with van der Waals surface area (Å²) in [5.41, 5.74) is 0.0122. The number of aliphatic hydroxyl groups excluding tert-OH is 1. The first-order valence-corrected chi connectivity index (χ1v) is 8.49. The lowest BCUT2D eigenvalue weighted by atomic mass is 10.1. The van der Waals surface area contributed by atoms with Gasteiger partial charge in [-0.05, 0) is 33.8 Å². The van der Waals surface area contributed by atoms with Gasteiger partial charge in [0.05, 0.1) is 17.2 Å². The molecule has 0 aliphatic rings. The van der Waals surface area contributed by atoms with E-state index >= 15 is 0 Å². The summed E-state index contributed by atoms with van der Waals surface area (Å²) in [6, 6.07) is 2.87. The Bertz CT molecular complexity index is 995. The number of aliphatic hydroxyl groups is 1. The zero-order valence-corrected chi connectivity index (χ0v) is 15.3. The van der Waals surface area contributed by atoms with Crippen molar-refractivity contribution in [1.82, 2.24) is 0 Å². The van der Waals surface area contributed by atoms with Gasteiger partial charge in [-0.25, -0.2) is 0 Å². The molecule has 26 heavy (non-hydrogen) atoms. The molecule has 0 amide bonds. The number of furan rings is 1. The van der Waals surface area contributed by atoms with Crippen molar-refractivity contribution >= 4 is 21.9 Å². The summed E-state index contributed by atoms with van der Waals surface area (Å²) in [6.45, 7) is 8.26. The van der Waals surface area contributed by atoms with Crippen LogP contribution in [0.4, 0.5) is 0 Å². The van der Waals surface area contributed by atoms with Crippen LogP contribution in [0.1, 0.15) is 26.5 Å². The first-order chi connectivity index (χ1) is 12.2. The minimum Gasteiger partial charge on any atom is -0.506 e. The summed E-state index contributed by atoms with van der Waals surface area (Å²) in [7, 11) is 0. The summed E-state index contributed by atoms with van der Waals surface area (Å²) in [5, 5.41) is 23.0. The number of benzene rings is 1. The van der Waals surface area contributed by atoms with Crippen molar-refractivity contribution in [3.8, 4) is 11.5 Å². The number of quaternary nitrogens is 1. The molecule has 0 saturated carbocycles. The molecular formula is C19H24NO6+. The number of hydrogen-bond donors (Lipinski definition) is 3. The Balaban J connectivity index is 2.00. The lowest BCUT2D eigenvalue weighted by Gasteiger charge is -2.19. The first-order valence-electron chi connectivity index (χ1n) is 8.49. The Morgan fingerprint density at radius 2 is 2.04 bits per heavy atom. The average Bonchev–Trinajstić information content (AvgIpc) is 3.01. The van der Waals surface area contributed by atoms with Crippen LogP contribution in [0.3, 0.4) is 0 Å². The third kappa shape index (κ3) is 3.54. The van der Waals surface area contributed by atoms with Crippen LogP contribution in [0.5, 0.6) is 11.5 Å². The van der Waals surface area contributed by atoms with Crippen molar-refractivity contribution in [2.24, 2.45) is 0 Å². The highest BCUT2D eigenvalue weighted by Crippen LogP contribution is 2.41. The molecule has 4 N–H and O–H groups in total. The van der Waals surface area contributed by atoms with Gasteiger partial charge in [0.15, 0.2) is 16.6 Å². The fourth-order valence-corrected chi connectivity index (χ4v) is 2.77. The maximum absolute atomic E-state index is 12.3. The van der Waals surface area contributed by atoms with Crippen molar-refractivity contribution in [2.45, 2.75) is 39.3 Å². The SMILES string of the molecule is Cc1cc(=O)c2c(O)c3ccoc3c(OCC(O)C[NH2+]C(C)(C)C)c2o1. The van der Waals surface area contributed by atoms with Crippen LogP contribution in [0.25, 0.3) is 21.9 Å². The highest BCUT2D eigenvalue weighted by Gasteiger charge is 2.23. The van der Waals surface area contributed by atoms with Crippen molar-refractivity contribution in [2.75, 3.05) is 13.2 Å².